The average molecular weight is 294 g/mol. The lowest BCUT2D eigenvalue weighted by atomic mass is 10.1. The van der Waals surface area contributed by atoms with E-state index >= 15 is 0 Å². The summed E-state index contributed by atoms with van der Waals surface area (Å²) in [6.45, 7) is 0.213. The van der Waals surface area contributed by atoms with Gasteiger partial charge in [0.1, 0.15) is 17.7 Å². The van der Waals surface area contributed by atoms with Gasteiger partial charge in [-0.15, -0.1) is 0 Å². The normalized spacial score (nSPS) is 23.0. The van der Waals surface area contributed by atoms with E-state index in [4.69, 9.17) is 0 Å². The summed E-state index contributed by atoms with van der Waals surface area (Å²) >= 11 is 0. The van der Waals surface area contributed by atoms with Crippen molar-refractivity contribution in [3.63, 3.8) is 0 Å². The Balaban J connectivity index is 1.81. The van der Waals surface area contributed by atoms with Gasteiger partial charge in [0, 0.05) is 25.1 Å². The van der Waals surface area contributed by atoms with Gasteiger partial charge >= 0.3 is 0 Å². The van der Waals surface area contributed by atoms with E-state index < -0.39 is 17.7 Å². The minimum absolute atomic E-state index is 0.0133. The number of nitrogens with one attached hydrogen (secondary N) is 1. The number of nitrogens with zero attached hydrogens (tertiary/aromatic N) is 1. The molecule has 1 atom stereocenters. The molecule has 1 saturated carbocycles. The number of hydrogen-bond donors (Lipinski definition) is 1. The number of benzene rings is 1. The highest BCUT2D eigenvalue weighted by Gasteiger charge is 2.40. The van der Waals surface area contributed by atoms with E-state index in [1.54, 1.807) is 0 Å². The quantitative estimate of drug-likeness (QED) is 0.920. The monoisotopic (exact) mass is 294 g/mol. The molecule has 0 spiro atoms. The van der Waals surface area contributed by atoms with Crippen LogP contribution in [0.2, 0.25) is 0 Å². The van der Waals surface area contributed by atoms with Crippen LogP contribution in [0.25, 0.3) is 0 Å². The van der Waals surface area contributed by atoms with E-state index in [0.29, 0.717) is 0 Å². The Morgan fingerprint density at radius 3 is 2.71 bits per heavy atom. The van der Waals surface area contributed by atoms with Crippen molar-refractivity contribution in [1.82, 2.24) is 10.2 Å². The number of halogens is 2. The number of amides is 2. The van der Waals surface area contributed by atoms with Crippen molar-refractivity contribution in [3.05, 3.63) is 35.4 Å². The van der Waals surface area contributed by atoms with Gasteiger partial charge in [-0.3, -0.25) is 9.59 Å². The number of rotatable bonds is 3. The summed E-state index contributed by atoms with van der Waals surface area (Å²) < 4.78 is 26.9. The van der Waals surface area contributed by atoms with Gasteiger partial charge in [-0.05, 0) is 37.0 Å². The first-order chi connectivity index (χ1) is 10.0. The van der Waals surface area contributed by atoms with Crippen LogP contribution in [-0.4, -0.2) is 29.3 Å². The lowest BCUT2D eigenvalue weighted by Crippen LogP contribution is -2.45. The molecular weight excluding hydrogens is 278 g/mol. The molecule has 21 heavy (non-hydrogen) atoms. The Labute approximate surface area is 121 Å². The van der Waals surface area contributed by atoms with Crippen molar-refractivity contribution in [3.8, 4) is 0 Å². The van der Waals surface area contributed by atoms with Crippen molar-refractivity contribution >= 4 is 11.8 Å². The van der Waals surface area contributed by atoms with Crippen molar-refractivity contribution in [1.29, 1.82) is 0 Å². The maximum atomic E-state index is 13.7. The van der Waals surface area contributed by atoms with Gasteiger partial charge in [0.2, 0.25) is 11.8 Å². The summed E-state index contributed by atoms with van der Waals surface area (Å²) in [5.41, 5.74) is 0.132. The summed E-state index contributed by atoms with van der Waals surface area (Å²) in [7, 11) is 0. The minimum atomic E-state index is -0.546. The predicted octanol–water partition coefficient (Wildman–Crippen LogP) is 1.59. The standard InChI is InChI=1S/C15H16F2N2O2/c16-11-3-4-12(17)10(7-11)8-19-6-5-13(20)18-14(15(19)21)9-1-2-9/h3-4,7,9,14H,1-2,5-6,8H2,(H,18,20). The molecule has 1 aromatic rings. The maximum absolute atomic E-state index is 13.7. The van der Waals surface area contributed by atoms with Gasteiger partial charge in [-0.2, -0.15) is 0 Å². The molecule has 6 heteroatoms. The van der Waals surface area contributed by atoms with Crippen LogP contribution in [0.4, 0.5) is 8.78 Å². The Bertz CT molecular complexity index is 587. The van der Waals surface area contributed by atoms with E-state index in [2.05, 4.69) is 5.32 Å². The third-order valence-electron chi connectivity index (χ3n) is 3.97. The molecule has 1 heterocycles. The Morgan fingerprint density at radius 2 is 2.00 bits per heavy atom. The zero-order valence-electron chi connectivity index (χ0n) is 11.4. The maximum Gasteiger partial charge on any atom is 0.245 e. The van der Waals surface area contributed by atoms with Crippen LogP contribution in [0.15, 0.2) is 18.2 Å². The van der Waals surface area contributed by atoms with Crippen LogP contribution in [0, 0.1) is 17.6 Å². The van der Waals surface area contributed by atoms with E-state index in [9.17, 15) is 18.4 Å². The topological polar surface area (TPSA) is 49.4 Å². The first-order valence-corrected chi connectivity index (χ1v) is 7.06. The molecule has 1 unspecified atom stereocenters. The molecule has 0 bridgehead atoms. The summed E-state index contributed by atoms with van der Waals surface area (Å²) in [5.74, 6) is -1.27. The lowest BCUT2D eigenvalue weighted by Gasteiger charge is -2.24. The molecule has 1 aliphatic carbocycles. The fourth-order valence-corrected chi connectivity index (χ4v) is 2.63. The molecule has 1 aromatic carbocycles. The molecule has 2 amide bonds. The van der Waals surface area contributed by atoms with Gasteiger partial charge in [0.15, 0.2) is 0 Å². The van der Waals surface area contributed by atoms with Gasteiger partial charge in [-0.25, -0.2) is 8.78 Å². The molecule has 112 valence electrons. The number of carbonyl (C=O) groups excluding carboxylic acids is 2. The third kappa shape index (κ3) is 3.04. The highest BCUT2D eigenvalue weighted by molar-refractivity contribution is 5.90. The van der Waals surface area contributed by atoms with Crippen molar-refractivity contribution in [2.24, 2.45) is 5.92 Å². The highest BCUT2D eigenvalue weighted by atomic mass is 19.1. The van der Waals surface area contributed by atoms with E-state index in [-0.39, 0.29) is 42.8 Å². The zero-order valence-corrected chi connectivity index (χ0v) is 11.4. The summed E-state index contributed by atoms with van der Waals surface area (Å²) in [4.78, 5) is 25.6. The van der Waals surface area contributed by atoms with Crippen LogP contribution in [0.5, 0.6) is 0 Å². The van der Waals surface area contributed by atoms with Crippen LogP contribution in [0.1, 0.15) is 24.8 Å². The van der Waals surface area contributed by atoms with Gasteiger partial charge in [-0.1, -0.05) is 0 Å². The van der Waals surface area contributed by atoms with Crippen LogP contribution in [-0.2, 0) is 16.1 Å². The SMILES string of the molecule is O=C1CCN(Cc2cc(F)ccc2F)C(=O)C(C2CC2)N1. The highest BCUT2D eigenvalue weighted by Crippen LogP contribution is 2.34. The van der Waals surface area contributed by atoms with Gasteiger partial charge in [0.25, 0.3) is 0 Å². The predicted molar refractivity (Wildman–Crippen MR) is 71.0 cm³/mol. The van der Waals surface area contributed by atoms with Crippen LogP contribution >= 0.6 is 0 Å². The van der Waals surface area contributed by atoms with Gasteiger partial charge in [0.05, 0.1) is 0 Å². The summed E-state index contributed by atoms with van der Waals surface area (Å²) in [6.07, 6.45) is 2.02. The largest absolute Gasteiger partial charge is 0.344 e. The van der Waals surface area contributed by atoms with Gasteiger partial charge < -0.3 is 10.2 Å². The molecule has 0 radical (unpaired) electrons. The second kappa shape index (κ2) is 5.42. The first-order valence-electron chi connectivity index (χ1n) is 7.06. The van der Waals surface area contributed by atoms with Crippen molar-refractivity contribution in [2.45, 2.75) is 31.8 Å². The van der Waals surface area contributed by atoms with E-state index in [1.165, 1.54) is 4.90 Å². The molecule has 2 fully saturated rings. The Kier molecular flexibility index (Phi) is 3.61. The minimum Gasteiger partial charge on any atom is -0.344 e. The Morgan fingerprint density at radius 1 is 1.24 bits per heavy atom. The molecule has 2 aliphatic rings. The van der Waals surface area contributed by atoms with Crippen LogP contribution < -0.4 is 5.32 Å². The lowest BCUT2D eigenvalue weighted by molar-refractivity contribution is -0.134. The third-order valence-corrected chi connectivity index (χ3v) is 3.97. The van der Waals surface area contributed by atoms with E-state index in [0.717, 1.165) is 31.0 Å². The number of hydrogen-bond acceptors (Lipinski definition) is 2. The summed E-state index contributed by atoms with van der Waals surface area (Å²) in [6, 6.07) is 2.67. The first kappa shape index (κ1) is 14.0. The van der Waals surface area contributed by atoms with Crippen LogP contribution in [0.3, 0.4) is 0 Å². The molecule has 1 N–H and O–H groups in total. The molecule has 3 rings (SSSR count). The second-order valence-corrected chi connectivity index (χ2v) is 5.63. The molecule has 0 aromatic heterocycles. The smallest absolute Gasteiger partial charge is 0.245 e. The summed E-state index contributed by atoms with van der Waals surface area (Å²) in [5, 5.41) is 2.73. The fraction of sp³-hybridized carbons (Fsp3) is 0.467. The molecule has 1 aliphatic heterocycles. The van der Waals surface area contributed by atoms with Crippen molar-refractivity contribution in [2.75, 3.05) is 6.54 Å². The fourth-order valence-electron chi connectivity index (χ4n) is 2.63. The number of carbonyl (C=O) groups is 2. The Hall–Kier alpha value is -1.98. The zero-order chi connectivity index (χ0) is 15.0. The average Bonchev–Trinajstić information content (AvgIpc) is 3.27. The molecular formula is C15H16F2N2O2. The van der Waals surface area contributed by atoms with Crippen molar-refractivity contribution < 1.29 is 18.4 Å². The molecule has 1 saturated heterocycles. The van der Waals surface area contributed by atoms with E-state index in [1.807, 2.05) is 0 Å². The molecule has 4 nitrogen and oxygen atoms in total. The second-order valence-electron chi connectivity index (χ2n) is 5.63.